The van der Waals surface area contributed by atoms with Gasteiger partial charge in [0, 0.05) is 0 Å². The Balaban J connectivity index is 2.11. The van der Waals surface area contributed by atoms with E-state index in [1.807, 2.05) is 0 Å². The van der Waals surface area contributed by atoms with E-state index in [1.54, 1.807) is 30.3 Å². The number of carbonyl (C=O) groups excluding carboxylic acids is 2. The van der Waals surface area contributed by atoms with Crippen LogP contribution in [0.3, 0.4) is 0 Å². The molecule has 0 spiro atoms. The molecule has 1 aliphatic rings. The van der Waals surface area contributed by atoms with Gasteiger partial charge in [-0.15, -0.1) is 0 Å². The van der Waals surface area contributed by atoms with Gasteiger partial charge in [-0.1, -0.05) is 30.3 Å². The highest BCUT2D eigenvalue weighted by Gasteiger charge is 2.60. The molecular formula is C15H17F2NO5. The second-order valence-electron chi connectivity index (χ2n) is 5.05. The Morgan fingerprint density at radius 3 is 2.57 bits per heavy atom. The van der Waals surface area contributed by atoms with Crippen LogP contribution in [0.25, 0.3) is 0 Å². The molecule has 2 atom stereocenters. The molecule has 1 aromatic rings. The molecule has 0 bridgehead atoms. The molecule has 1 aliphatic heterocycles. The van der Waals surface area contributed by atoms with Crippen molar-refractivity contribution in [1.82, 2.24) is 4.90 Å². The van der Waals surface area contributed by atoms with Gasteiger partial charge in [0.2, 0.25) is 0 Å². The molecule has 1 fully saturated rings. The van der Waals surface area contributed by atoms with Gasteiger partial charge in [-0.05, 0) is 12.5 Å². The van der Waals surface area contributed by atoms with Crippen molar-refractivity contribution < 1.29 is 33.0 Å². The number of benzene rings is 1. The number of aliphatic hydroxyl groups excluding tert-OH is 1. The molecule has 1 amide bonds. The number of hydrogen-bond acceptors (Lipinski definition) is 5. The second kappa shape index (κ2) is 6.91. The third-order valence-electron chi connectivity index (χ3n) is 3.38. The first-order valence-electron chi connectivity index (χ1n) is 7.08. The summed E-state index contributed by atoms with van der Waals surface area (Å²) in [4.78, 5) is 24.1. The van der Waals surface area contributed by atoms with Gasteiger partial charge in [-0.25, -0.2) is 18.4 Å². The van der Waals surface area contributed by atoms with Crippen LogP contribution in [0.1, 0.15) is 18.9 Å². The van der Waals surface area contributed by atoms with Crippen LogP contribution in [0.4, 0.5) is 13.6 Å². The van der Waals surface area contributed by atoms with Crippen LogP contribution in [0, 0.1) is 0 Å². The summed E-state index contributed by atoms with van der Waals surface area (Å²) in [6.45, 7) is 1.18. The Kier molecular flexibility index (Phi) is 5.15. The number of likely N-dealkylation sites (tertiary alicyclic amines) is 1. The molecule has 0 aliphatic carbocycles. The maximum absolute atomic E-state index is 13.9. The Bertz CT molecular complexity index is 566. The molecule has 2 unspecified atom stereocenters. The predicted molar refractivity (Wildman–Crippen MR) is 74.5 cm³/mol. The number of aliphatic hydroxyl groups is 1. The minimum Gasteiger partial charge on any atom is -0.464 e. The van der Waals surface area contributed by atoms with Gasteiger partial charge in [0.25, 0.3) is 5.92 Å². The number of amides is 1. The average Bonchev–Trinajstić information content (AvgIpc) is 2.75. The minimum atomic E-state index is -3.59. The Morgan fingerprint density at radius 1 is 1.30 bits per heavy atom. The number of ether oxygens (including phenoxy) is 2. The van der Waals surface area contributed by atoms with E-state index in [2.05, 4.69) is 4.74 Å². The van der Waals surface area contributed by atoms with Crippen molar-refractivity contribution in [2.75, 3.05) is 6.61 Å². The lowest BCUT2D eigenvalue weighted by atomic mass is 10.1. The molecular weight excluding hydrogens is 312 g/mol. The lowest BCUT2D eigenvalue weighted by Gasteiger charge is -2.26. The molecule has 1 saturated heterocycles. The molecule has 0 saturated carbocycles. The Hall–Kier alpha value is -2.22. The summed E-state index contributed by atoms with van der Waals surface area (Å²) >= 11 is 0. The summed E-state index contributed by atoms with van der Waals surface area (Å²) < 4.78 is 37.3. The van der Waals surface area contributed by atoms with Gasteiger partial charge in [0.1, 0.15) is 12.8 Å². The predicted octanol–water partition coefficient (Wildman–Crippen LogP) is 1.91. The summed E-state index contributed by atoms with van der Waals surface area (Å²) in [5.74, 6) is -4.86. The fourth-order valence-corrected chi connectivity index (χ4v) is 2.36. The monoisotopic (exact) mass is 329 g/mol. The first kappa shape index (κ1) is 17.1. The van der Waals surface area contributed by atoms with Crippen molar-refractivity contribution in [3.05, 3.63) is 35.9 Å². The van der Waals surface area contributed by atoms with Crippen molar-refractivity contribution >= 4 is 12.1 Å². The van der Waals surface area contributed by atoms with Crippen molar-refractivity contribution in [3.63, 3.8) is 0 Å². The number of carbonyl (C=O) groups is 2. The minimum absolute atomic E-state index is 0.117. The summed E-state index contributed by atoms with van der Waals surface area (Å²) in [6.07, 6.45) is -4.06. The number of esters is 1. The number of hydrogen-bond donors (Lipinski definition) is 1. The molecule has 126 valence electrons. The Labute approximate surface area is 131 Å². The number of rotatable bonds is 4. The van der Waals surface area contributed by atoms with Crippen LogP contribution >= 0.6 is 0 Å². The largest absolute Gasteiger partial charge is 0.464 e. The van der Waals surface area contributed by atoms with Crippen molar-refractivity contribution in [2.45, 2.75) is 38.1 Å². The molecule has 1 heterocycles. The van der Waals surface area contributed by atoms with E-state index < -0.39 is 36.7 Å². The fourth-order valence-electron chi connectivity index (χ4n) is 2.36. The first-order chi connectivity index (χ1) is 10.9. The van der Waals surface area contributed by atoms with E-state index >= 15 is 0 Å². The quantitative estimate of drug-likeness (QED) is 0.854. The topological polar surface area (TPSA) is 76.1 Å². The van der Waals surface area contributed by atoms with E-state index in [9.17, 15) is 23.5 Å². The zero-order valence-corrected chi connectivity index (χ0v) is 12.4. The lowest BCUT2D eigenvalue weighted by Crippen LogP contribution is -2.50. The molecule has 6 nitrogen and oxygen atoms in total. The third-order valence-corrected chi connectivity index (χ3v) is 3.38. The number of nitrogens with zero attached hydrogens (tertiary/aromatic N) is 1. The molecule has 1 aromatic carbocycles. The summed E-state index contributed by atoms with van der Waals surface area (Å²) in [5, 5.41) is 9.72. The summed E-state index contributed by atoms with van der Waals surface area (Å²) in [7, 11) is 0. The molecule has 2 rings (SSSR count). The number of halogens is 2. The third kappa shape index (κ3) is 3.76. The molecule has 0 radical (unpaired) electrons. The molecule has 8 heteroatoms. The van der Waals surface area contributed by atoms with E-state index in [1.165, 1.54) is 6.92 Å². The highest BCUT2D eigenvalue weighted by Crippen LogP contribution is 2.38. The van der Waals surface area contributed by atoms with E-state index in [0.29, 0.717) is 10.5 Å². The van der Waals surface area contributed by atoms with Crippen LogP contribution in [0.5, 0.6) is 0 Å². The first-order valence-corrected chi connectivity index (χ1v) is 7.08. The second-order valence-corrected chi connectivity index (χ2v) is 5.05. The van der Waals surface area contributed by atoms with Gasteiger partial charge >= 0.3 is 12.1 Å². The normalized spacial score (nSPS) is 22.7. The lowest BCUT2D eigenvalue weighted by molar-refractivity contribution is -0.159. The van der Waals surface area contributed by atoms with Crippen LogP contribution in [-0.2, 0) is 20.9 Å². The molecule has 0 aromatic heterocycles. The van der Waals surface area contributed by atoms with E-state index in [-0.39, 0.29) is 13.2 Å². The fraction of sp³-hybridized carbons (Fsp3) is 0.467. The van der Waals surface area contributed by atoms with Crippen LogP contribution in [0.15, 0.2) is 30.3 Å². The van der Waals surface area contributed by atoms with Crippen molar-refractivity contribution in [3.8, 4) is 0 Å². The van der Waals surface area contributed by atoms with Gasteiger partial charge in [0.05, 0.1) is 13.0 Å². The average molecular weight is 329 g/mol. The van der Waals surface area contributed by atoms with Crippen molar-refractivity contribution in [1.29, 1.82) is 0 Å². The van der Waals surface area contributed by atoms with Gasteiger partial charge < -0.3 is 14.6 Å². The summed E-state index contributed by atoms with van der Waals surface area (Å²) in [5.41, 5.74) is 0.647. The SMILES string of the molecule is CCOC(=O)C1N(C(=O)OCc2ccccc2)C(O)CC1(F)F. The van der Waals surface area contributed by atoms with Crippen LogP contribution < -0.4 is 0 Å². The van der Waals surface area contributed by atoms with Crippen molar-refractivity contribution in [2.24, 2.45) is 0 Å². The zero-order valence-electron chi connectivity index (χ0n) is 12.4. The van der Waals surface area contributed by atoms with Gasteiger partial charge in [-0.2, -0.15) is 0 Å². The van der Waals surface area contributed by atoms with Gasteiger partial charge in [0.15, 0.2) is 6.04 Å². The van der Waals surface area contributed by atoms with Crippen LogP contribution in [0.2, 0.25) is 0 Å². The smallest absolute Gasteiger partial charge is 0.413 e. The summed E-state index contributed by atoms with van der Waals surface area (Å²) in [6, 6.07) is 6.40. The number of alkyl halides is 2. The molecule has 1 N–H and O–H groups in total. The van der Waals surface area contributed by atoms with Crippen LogP contribution in [-0.4, -0.2) is 46.9 Å². The highest BCUT2D eigenvalue weighted by molar-refractivity contribution is 5.83. The molecule has 23 heavy (non-hydrogen) atoms. The standard InChI is InChI=1S/C15H17F2NO5/c1-2-22-13(20)12-15(16,17)8-11(19)18(12)14(21)23-9-10-6-4-3-5-7-10/h3-7,11-12,19H,2,8-9H2,1H3. The van der Waals surface area contributed by atoms with Gasteiger partial charge in [-0.3, -0.25) is 4.90 Å². The Morgan fingerprint density at radius 2 is 1.96 bits per heavy atom. The maximum Gasteiger partial charge on any atom is 0.413 e. The zero-order chi connectivity index (χ0) is 17.0. The van der Waals surface area contributed by atoms with E-state index in [4.69, 9.17) is 4.74 Å². The highest BCUT2D eigenvalue weighted by atomic mass is 19.3. The maximum atomic E-state index is 13.9. The van der Waals surface area contributed by atoms with E-state index in [0.717, 1.165) is 0 Å².